The van der Waals surface area contributed by atoms with E-state index >= 15 is 0 Å². The number of methoxy groups -OCH3 is 6. The van der Waals surface area contributed by atoms with Crippen molar-refractivity contribution in [2.24, 2.45) is 17.8 Å². The van der Waals surface area contributed by atoms with Crippen LogP contribution in [0.4, 0.5) is 0 Å². The minimum atomic E-state index is -0.833. The van der Waals surface area contributed by atoms with Crippen molar-refractivity contribution >= 4 is 28.8 Å². The lowest BCUT2D eigenvalue weighted by atomic mass is 9.63. The second kappa shape index (κ2) is 14.7. The monoisotopic (exact) mass is 668 g/mol. The lowest BCUT2D eigenvalue weighted by molar-refractivity contribution is -0.176. The number of ether oxygens (including phenoxy) is 7. The molecular formula is C35H44N2O11. The van der Waals surface area contributed by atoms with E-state index in [1.165, 1.54) is 45.1 Å². The molecule has 13 nitrogen and oxygen atoms in total. The van der Waals surface area contributed by atoms with Gasteiger partial charge in [-0.3, -0.25) is 14.5 Å². The van der Waals surface area contributed by atoms with Crippen LogP contribution < -0.4 is 18.9 Å². The molecule has 3 heterocycles. The molecule has 1 saturated carbocycles. The van der Waals surface area contributed by atoms with Crippen molar-refractivity contribution in [3.63, 3.8) is 0 Å². The quantitative estimate of drug-likeness (QED) is 0.330. The van der Waals surface area contributed by atoms with Crippen molar-refractivity contribution in [1.29, 1.82) is 0 Å². The van der Waals surface area contributed by atoms with Crippen LogP contribution in [0.2, 0.25) is 0 Å². The molecule has 0 unspecified atom stereocenters. The zero-order valence-electron chi connectivity index (χ0n) is 28.4. The number of H-pyrrole nitrogens is 1. The van der Waals surface area contributed by atoms with Gasteiger partial charge in [0.05, 0.1) is 53.1 Å². The fourth-order valence-corrected chi connectivity index (χ4v) is 7.76. The number of fused-ring (bicyclic) bond motifs is 6. The lowest BCUT2D eigenvalue weighted by Crippen LogP contribution is -2.58. The van der Waals surface area contributed by atoms with E-state index < -0.39 is 30.1 Å². The number of nitrogens with zero attached hydrogens (tertiary/aromatic N) is 1. The predicted octanol–water partition coefficient (Wildman–Crippen LogP) is 4.26. The largest absolute Gasteiger partial charge is 0.497 e. The topological polar surface area (TPSA) is 155 Å². The minimum absolute atomic E-state index is 0.0170. The summed E-state index contributed by atoms with van der Waals surface area (Å²) in [7, 11) is 9.10. The highest BCUT2D eigenvalue weighted by molar-refractivity contribution is 5.91. The smallest absolute Gasteiger partial charge is 0.338 e. The average Bonchev–Trinajstić information content (AvgIpc) is 3.47. The summed E-state index contributed by atoms with van der Waals surface area (Å²) in [5, 5.41) is 8.63. The van der Waals surface area contributed by atoms with Gasteiger partial charge in [0.1, 0.15) is 18.0 Å². The van der Waals surface area contributed by atoms with Gasteiger partial charge in [0.2, 0.25) is 5.75 Å². The van der Waals surface area contributed by atoms with Gasteiger partial charge in [0.15, 0.2) is 11.5 Å². The number of aromatic nitrogens is 1. The van der Waals surface area contributed by atoms with Crippen LogP contribution in [-0.2, 0) is 30.2 Å². The first-order valence-corrected chi connectivity index (χ1v) is 15.8. The molecule has 0 amide bonds. The lowest BCUT2D eigenvalue weighted by Gasteiger charge is -2.52. The van der Waals surface area contributed by atoms with Crippen LogP contribution in [0.3, 0.4) is 0 Å². The van der Waals surface area contributed by atoms with Crippen LogP contribution in [0.25, 0.3) is 10.9 Å². The molecular weight excluding hydrogens is 624 g/mol. The first kappa shape index (κ1) is 34.8. The molecule has 48 heavy (non-hydrogen) atoms. The molecule has 1 aromatic heterocycles. The molecule has 1 aliphatic carbocycles. The standard InChI is InChI=1S/C33H40N2O9.C2H4O2/c1-38-19-7-8-20-21-9-10-35-16-18-13-27(44-32(36)17-11-25(39-2)30(41-4)26(12-17)40-3)31(42-5)28(33(37)43-6)22(18)15-24(35)29(21)34-23(20)14-19;1-2(3)4/h7-8,11-12,14,18,22,24,27-28,31,34H,9-10,13,15-16H2,1-6H3;1H3,(H,3,4)/t18-,22+,24-,27-,28+,31+;/m1./s1. The average molecular weight is 669 g/mol. The molecule has 2 fully saturated rings. The zero-order chi connectivity index (χ0) is 34.7. The molecule has 6 atom stereocenters. The fourth-order valence-electron chi connectivity index (χ4n) is 7.76. The maximum Gasteiger partial charge on any atom is 0.338 e. The molecule has 260 valence electrons. The third kappa shape index (κ3) is 6.61. The van der Waals surface area contributed by atoms with E-state index in [0.717, 1.165) is 44.1 Å². The van der Waals surface area contributed by atoms with Crippen LogP contribution in [-0.4, -0.2) is 101 Å². The normalized spacial score (nSPS) is 24.5. The van der Waals surface area contributed by atoms with Gasteiger partial charge < -0.3 is 43.2 Å². The first-order valence-electron chi connectivity index (χ1n) is 15.8. The fraction of sp³-hybridized carbons (Fsp3) is 0.514. The van der Waals surface area contributed by atoms with Gasteiger partial charge >= 0.3 is 11.9 Å². The highest BCUT2D eigenvalue weighted by atomic mass is 16.6. The Balaban J connectivity index is 0.00000107. The zero-order valence-corrected chi connectivity index (χ0v) is 28.4. The number of hydrogen-bond donors (Lipinski definition) is 2. The number of rotatable bonds is 8. The van der Waals surface area contributed by atoms with Crippen molar-refractivity contribution in [2.75, 3.05) is 55.7 Å². The number of carboxylic acid groups (broad SMARTS) is 1. The van der Waals surface area contributed by atoms with Crippen molar-refractivity contribution < 1.29 is 52.6 Å². The van der Waals surface area contributed by atoms with E-state index in [-0.39, 0.29) is 29.4 Å². The number of nitrogens with one attached hydrogen (secondary N) is 1. The minimum Gasteiger partial charge on any atom is -0.497 e. The molecule has 6 rings (SSSR count). The molecule has 2 aliphatic heterocycles. The molecule has 3 aromatic rings. The summed E-state index contributed by atoms with van der Waals surface area (Å²) in [5.41, 5.74) is 3.83. The Morgan fingerprint density at radius 3 is 2.19 bits per heavy atom. The Bertz CT molecular complexity index is 1620. The van der Waals surface area contributed by atoms with Crippen LogP contribution in [0.5, 0.6) is 23.0 Å². The number of aromatic amines is 1. The number of esters is 2. The molecule has 3 aliphatic rings. The van der Waals surface area contributed by atoms with E-state index in [4.69, 9.17) is 43.1 Å². The SMILES string of the molecule is CC(=O)O.COC(=O)[C@H]1[C@H]2C[C@@H]3c4[nH]c5cc(OC)ccc5c4CCN3C[C@H]2C[C@@H](OC(=O)c2cc(OC)c(OC)c(OC)c2)[C@@H]1OC. The molecule has 2 N–H and O–H groups in total. The van der Waals surface area contributed by atoms with E-state index in [2.05, 4.69) is 16.0 Å². The second-order valence-corrected chi connectivity index (χ2v) is 12.2. The number of benzene rings is 2. The number of piperidine rings is 1. The Kier molecular flexibility index (Phi) is 10.7. The first-order chi connectivity index (χ1) is 23.1. The molecule has 0 spiro atoms. The summed E-state index contributed by atoms with van der Waals surface area (Å²) in [4.78, 5) is 42.1. The highest BCUT2D eigenvalue weighted by Gasteiger charge is 2.54. The van der Waals surface area contributed by atoms with Crippen molar-refractivity contribution in [3.05, 3.63) is 47.2 Å². The third-order valence-electron chi connectivity index (χ3n) is 9.76. The summed E-state index contributed by atoms with van der Waals surface area (Å²) in [5.74, 6) is -0.393. The van der Waals surface area contributed by atoms with Gasteiger partial charge in [-0.15, -0.1) is 0 Å². The van der Waals surface area contributed by atoms with Crippen molar-refractivity contribution in [1.82, 2.24) is 9.88 Å². The number of carboxylic acids is 1. The summed E-state index contributed by atoms with van der Waals surface area (Å²) >= 11 is 0. The molecule has 0 radical (unpaired) electrons. The third-order valence-corrected chi connectivity index (χ3v) is 9.76. The number of aliphatic carboxylic acids is 1. The Hall–Kier alpha value is -4.49. The van der Waals surface area contributed by atoms with Crippen LogP contribution in [0.1, 0.15) is 47.4 Å². The van der Waals surface area contributed by atoms with Gasteiger partial charge in [-0.05, 0) is 60.9 Å². The van der Waals surface area contributed by atoms with Gasteiger partial charge in [-0.25, -0.2) is 4.79 Å². The van der Waals surface area contributed by atoms with Gasteiger partial charge in [-0.2, -0.15) is 0 Å². The maximum absolute atomic E-state index is 13.5. The summed E-state index contributed by atoms with van der Waals surface area (Å²) < 4.78 is 39.1. The number of carbonyl (C=O) groups excluding carboxylic acids is 2. The Labute approximate surface area is 279 Å². The summed E-state index contributed by atoms with van der Waals surface area (Å²) in [6, 6.07) is 9.40. The second-order valence-electron chi connectivity index (χ2n) is 12.2. The van der Waals surface area contributed by atoms with Crippen LogP contribution in [0, 0.1) is 17.8 Å². The van der Waals surface area contributed by atoms with Crippen molar-refractivity contribution in [3.8, 4) is 23.0 Å². The van der Waals surface area contributed by atoms with Crippen molar-refractivity contribution in [2.45, 2.75) is 44.4 Å². The molecule has 1 saturated heterocycles. The number of hydrogen-bond acceptors (Lipinski definition) is 11. The van der Waals surface area contributed by atoms with Crippen LogP contribution in [0.15, 0.2) is 30.3 Å². The Morgan fingerprint density at radius 1 is 0.917 bits per heavy atom. The summed E-state index contributed by atoms with van der Waals surface area (Å²) in [6.07, 6.45) is 0.920. The van der Waals surface area contributed by atoms with Gasteiger partial charge in [-0.1, -0.05) is 0 Å². The molecule has 0 bridgehead atoms. The van der Waals surface area contributed by atoms with E-state index in [0.29, 0.717) is 23.7 Å². The Morgan fingerprint density at radius 2 is 1.60 bits per heavy atom. The molecule has 2 aromatic carbocycles. The van der Waals surface area contributed by atoms with Gasteiger partial charge in [0, 0.05) is 49.8 Å². The highest BCUT2D eigenvalue weighted by Crippen LogP contribution is 2.51. The van der Waals surface area contributed by atoms with Gasteiger partial charge in [0.25, 0.3) is 5.97 Å². The van der Waals surface area contributed by atoms with Crippen LogP contribution >= 0.6 is 0 Å². The maximum atomic E-state index is 13.5. The predicted molar refractivity (Wildman–Crippen MR) is 174 cm³/mol. The van der Waals surface area contributed by atoms with E-state index in [9.17, 15) is 9.59 Å². The molecule has 13 heteroatoms. The van der Waals surface area contributed by atoms with E-state index in [1.807, 2.05) is 12.1 Å². The number of carbonyl (C=O) groups is 3. The van der Waals surface area contributed by atoms with E-state index in [1.54, 1.807) is 26.4 Å². The summed E-state index contributed by atoms with van der Waals surface area (Å²) in [6.45, 7) is 2.77.